The van der Waals surface area contributed by atoms with Gasteiger partial charge in [0, 0.05) is 24.7 Å². The second-order valence-electron chi connectivity index (χ2n) is 4.21. The Morgan fingerprint density at radius 3 is 2.40 bits per heavy atom. The topological polar surface area (TPSA) is 46.3 Å². The number of aryl methyl sites for hydroxylation is 2. The van der Waals surface area contributed by atoms with E-state index in [1.165, 1.54) is 0 Å². The molecule has 1 aliphatic heterocycles. The van der Waals surface area contributed by atoms with Gasteiger partial charge in [0.1, 0.15) is 0 Å². The highest BCUT2D eigenvalue weighted by Gasteiger charge is 2.29. The quantitative estimate of drug-likeness (QED) is 0.751. The van der Waals surface area contributed by atoms with Crippen molar-refractivity contribution in [2.24, 2.45) is 5.73 Å². The molecule has 1 aromatic rings. The number of benzene rings is 1. The summed E-state index contributed by atoms with van der Waals surface area (Å²) in [7, 11) is 0. The first kappa shape index (κ1) is 10.2. The van der Waals surface area contributed by atoms with Gasteiger partial charge >= 0.3 is 0 Å². The fourth-order valence-corrected chi connectivity index (χ4v) is 2.18. The van der Waals surface area contributed by atoms with Crippen LogP contribution in [0, 0.1) is 13.8 Å². The molecule has 1 heterocycles. The Bertz CT molecular complexity index is 380. The highest BCUT2D eigenvalue weighted by atomic mass is 16.2. The summed E-state index contributed by atoms with van der Waals surface area (Å²) in [5.41, 5.74) is 9.10. The summed E-state index contributed by atoms with van der Waals surface area (Å²) in [5, 5.41) is 0. The molecule has 2 rings (SSSR count). The van der Waals surface area contributed by atoms with Crippen molar-refractivity contribution < 1.29 is 4.79 Å². The summed E-state index contributed by atoms with van der Waals surface area (Å²) in [4.78, 5) is 13.6. The van der Waals surface area contributed by atoms with Crippen LogP contribution in [0.25, 0.3) is 0 Å². The van der Waals surface area contributed by atoms with Crippen LogP contribution in [-0.2, 0) is 4.79 Å². The largest absolute Gasteiger partial charge is 0.326 e. The highest BCUT2D eigenvalue weighted by molar-refractivity contribution is 5.97. The van der Waals surface area contributed by atoms with E-state index in [1.54, 1.807) is 0 Å². The number of hydrogen-bond acceptors (Lipinski definition) is 2. The summed E-state index contributed by atoms with van der Waals surface area (Å²) < 4.78 is 0. The molecule has 1 aliphatic rings. The van der Waals surface area contributed by atoms with E-state index in [-0.39, 0.29) is 11.9 Å². The van der Waals surface area contributed by atoms with Crippen LogP contribution in [0.4, 0.5) is 5.69 Å². The van der Waals surface area contributed by atoms with E-state index in [1.807, 2.05) is 36.9 Å². The Morgan fingerprint density at radius 2 is 1.93 bits per heavy atom. The van der Waals surface area contributed by atoms with Gasteiger partial charge in [-0.1, -0.05) is 18.2 Å². The Hall–Kier alpha value is -1.35. The molecule has 0 aliphatic carbocycles. The number of nitrogens with two attached hydrogens (primary N) is 1. The van der Waals surface area contributed by atoms with Gasteiger partial charge in [0.05, 0.1) is 0 Å². The third-order valence-corrected chi connectivity index (χ3v) is 2.86. The summed E-state index contributed by atoms with van der Waals surface area (Å²) in [6.45, 7) is 4.70. The third-order valence-electron chi connectivity index (χ3n) is 2.86. The number of carbonyl (C=O) groups excluding carboxylic acids is 1. The van der Waals surface area contributed by atoms with Crippen LogP contribution in [0.2, 0.25) is 0 Å². The monoisotopic (exact) mass is 204 g/mol. The maximum atomic E-state index is 11.7. The molecule has 15 heavy (non-hydrogen) atoms. The Kier molecular flexibility index (Phi) is 2.49. The Labute approximate surface area is 89.9 Å². The molecule has 0 aromatic heterocycles. The van der Waals surface area contributed by atoms with Crippen LogP contribution in [-0.4, -0.2) is 18.5 Å². The number of amides is 1. The van der Waals surface area contributed by atoms with Gasteiger partial charge in [-0.3, -0.25) is 4.79 Å². The van der Waals surface area contributed by atoms with Crippen molar-refractivity contribution in [1.29, 1.82) is 0 Å². The molecule has 0 saturated carbocycles. The lowest BCUT2D eigenvalue weighted by Crippen LogP contribution is -2.29. The van der Waals surface area contributed by atoms with Crippen LogP contribution in [0.5, 0.6) is 0 Å². The lowest BCUT2D eigenvalue weighted by atomic mass is 10.1. The van der Waals surface area contributed by atoms with Gasteiger partial charge in [-0.05, 0) is 25.0 Å². The van der Waals surface area contributed by atoms with E-state index in [4.69, 9.17) is 5.73 Å². The van der Waals surface area contributed by atoms with E-state index < -0.39 is 0 Å². The maximum absolute atomic E-state index is 11.7. The molecule has 1 atom stereocenters. The summed E-state index contributed by atoms with van der Waals surface area (Å²) >= 11 is 0. The molecule has 2 N–H and O–H groups in total. The number of rotatable bonds is 1. The van der Waals surface area contributed by atoms with Crippen molar-refractivity contribution in [3.05, 3.63) is 29.3 Å². The molecule has 3 heteroatoms. The Balaban J connectivity index is 2.41. The first-order valence-corrected chi connectivity index (χ1v) is 5.21. The van der Waals surface area contributed by atoms with Gasteiger partial charge in [0.15, 0.2) is 0 Å². The van der Waals surface area contributed by atoms with Gasteiger partial charge in [-0.2, -0.15) is 0 Å². The van der Waals surface area contributed by atoms with Crippen molar-refractivity contribution in [3.8, 4) is 0 Å². The molecular formula is C12H16N2O. The van der Waals surface area contributed by atoms with Crippen LogP contribution in [0.3, 0.4) is 0 Å². The van der Waals surface area contributed by atoms with Gasteiger partial charge < -0.3 is 10.6 Å². The van der Waals surface area contributed by atoms with Crippen molar-refractivity contribution in [2.45, 2.75) is 26.3 Å². The van der Waals surface area contributed by atoms with E-state index >= 15 is 0 Å². The lowest BCUT2D eigenvalue weighted by molar-refractivity contribution is -0.117. The van der Waals surface area contributed by atoms with E-state index in [0.29, 0.717) is 13.0 Å². The van der Waals surface area contributed by atoms with Crippen LogP contribution >= 0.6 is 0 Å². The maximum Gasteiger partial charge on any atom is 0.228 e. The zero-order valence-corrected chi connectivity index (χ0v) is 9.16. The Morgan fingerprint density at radius 1 is 1.33 bits per heavy atom. The van der Waals surface area contributed by atoms with Crippen molar-refractivity contribution in [3.63, 3.8) is 0 Å². The molecule has 1 amide bonds. The van der Waals surface area contributed by atoms with Gasteiger partial charge in [0.25, 0.3) is 0 Å². The zero-order chi connectivity index (χ0) is 11.0. The van der Waals surface area contributed by atoms with Crippen molar-refractivity contribution >= 4 is 11.6 Å². The first-order chi connectivity index (χ1) is 7.09. The molecule has 1 saturated heterocycles. The smallest absolute Gasteiger partial charge is 0.228 e. The van der Waals surface area contributed by atoms with Crippen molar-refractivity contribution in [2.75, 3.05) is 11.4 Å². The minimum absolute atomic E-state index is 0.0171. The van der Waals surface area contributed by atoms with Crippen molar-refractivity contribution in [1.82, 2.24) is 0 Å². The number of para-hydroxylation sites is 1. The van der Waals surface area contributed by atoms with E-state index in [2.05, 4.69) is 0 Å². The van der Waals surface area contributed by atoms with Crippen LogP contribution in [0.15, 0.2) is 18.2 Å². The standard InChI is InChI=1S/C12H16N2O/c1-8-4-3-5-9(2)12(8)14-7-10(13)6-11(14)15/h3-5,10H,6-7,13H2,1-2H3. The first-order valence-electron chi connectivity index (χ1n) is 5.21. The van der Waals surface area contributed by atoms with Crippen LogP contribution in [0.1, 0.15) is 17.5 Å². The average molecular weight is 204 g/mol. The van der Waals surface area contributed by atoms with Gasteiger partial charge in [-0.25, -0.2) is 0 Å². The molecule has 1 unspecified atom stereocenters. The second-order valence-corrected chi connectivity index (χ2v) is 4.21. The predicted octanol–water partition coefficient (Wildman–Crippen LogP) is 1.37. The fraction of sp³-hybridized carbons (Fsp3) is 0.417. The van der Waals surface area contributed by atoms with Gasteiger partial charge in [-0.15, -0.1) is 0 Å². The molecule has 80 valence electrons. The number of anilines is 1. The van der Waals surface area contributed by atoms with Gasteiger partial charge in [0.2, 0.25) is 5.91 Å². The molecule has 0 bridgehead atoms. The molecule has 1 aromatic carbocycles. The summed E-state index contributed by atoms with van der Waals surface area (Å²) in [6.07, 6.45) is 0.466. The third kappa shape index (κ3) is 1.75. The average Bonchev–Trinajstić information content (AvgIpc) is 2.45. The second kappa shape index (κ2) is 3.66. The number of nitrogens with zero attached hydrogens (tertiary/aromatic N) is 1. The molecule has 3 nitrogen and oxygen atoms in total. The number of hydrogen-bond donors (Lipinski definition) is 1. The molecule has 0 radical (unpaired) electrons. The fourth-order valence-electron chi connectivity index (χ4n) is 2.18. The lowest BCUT2D eigenvalue weighted by Gasteiger charge is -2.20. The normalized spacial score (nSPS) is 21.1. The molecular weight excluding hydrogens is 188 g/mol. The minimum Gasteiger partial charge on any atom is -0.326 e. The predicted molar refractivity (Wildman–Crippen MR) is 60.9 cm³/mol. The highest BCUT2D eigenvalue weighted by Crippen LogP contribution is 2.28. The van der Waals surface area contributed by atoms with E-state index in [9.17, 15) is 4.79 Å². The van der Waals surface area contributed by atoms with E-state index in [0.717, 1.165) is 16.8 Å². The SMILES string of the molecule is Cc1cccc(C)c1N1CC(N)CC1=O. The molecule has 1 fully saturated rings. The zero-order valence-electron chi connectivity index (χ0n) is 9.16. The van der Waals surface area contributed by atoms with Crippen LogP contribution < -0.4 is 10.6 Å². The molecule has 0 spiro atoms. The minimum atomic E-state index is -0.0171. The number of carbonyl (C=O) groups is 1. The summed E-state index contributed by atoms with van der Waals surface area (Å²) in [5.74, 6) is 0.139. The summed E-state index contributed by atoms with van der Waals surface area (Å²) in [6, 6.07) is 6.05.